The van der Waals surface area contributed by atoms with Crippen LogP contribution in [0.3, 0.4) is 0 Å². The van der Waals surface area contributed by atoms with Crippen LogP contribution in [0.4, 0.5) is 9.59 Å². The second-order valence-electron chi connectivity index (χ2n) is 12.6. The van der Waals surface area contributed by atoms with E-state index in [-0.39, 0.29) is 42.4 Å². The van der Waals surface area contributed by atoms with Crippen LogP contribution in [0.5, 0.6) is 5.75 Å². The minimum atomic E-state index is -1.94. The Morgan fingerprint density at radius 3 is 2.50 bits per heavy atom. The van der Waals surface area contributed by atoms with Gasteiger partial charge in [-0.05, 0) is 81.4 Å². The number of fused-ring (bicyclic) bond motifs is 5. The highest BCUT2D eigenvalue weighted by Gasteiger charge is 2.50. The van der Waals surface area contributed by atoms with E-state index < -0.39 is 17.7 Å². The molecular formula is C34H38N4O8. The number of rotatable bonds is 5. The number of carbonyl (C=O) groups excluding carboxylic acids is 2. The smallest absolute Gasteiger partial charge is 0.457 e. The zero-order chi connectivity index (χ0) is 32.2. The summed E-state index contributed by atoms with van der Waals surface area (Å²) in [6.45, 7) is 7.27. The molecule has 2 aromatic heterocycles. The summed E-state index contributed by atoms with van der Waals surface area (Å²) in [5.41, 5.74) is 1.63. The molecule has 1 N–H and O–H groups in total. The molecule has 12 nitrogen and oxygen atoms in total. The summed E-state index contributed by atoms with van der Waals surface area (Å²) in [6.07, 6.45) is 4.33. The first-order chi connectivity index (χ1) is 22.2. The van der Waals surface area contributed by atoms with Crippen molar-refractivity contribution in [3.8, 4) is 17.1 Å². The number of esters is 1. The number of aryl methyl sites for hydroxylation is 1. The highest BCUT2D eigenvalue weighted by Crippen LogP contribution is 2.42. The normalized spacial score (nSPS) is 21.3. The van der Waals surface area contributed by atoms with Crippen molar-refractivity contribution in [2.45, 2.75) is 83.6 Å². The summed E-state index contributed by atoms with van der Waals surface area (Å²) in [7, 11) is 0. The van der Waals surface area contributed by atoms with E-state index in [4.69, 9.17) is 19.2 Å². The van der Waals surface area contributed by atoms with Crippen LogP contribution in [-0.4, -0.2) is 74.9 Å². The van der Waals surface area contributed by atoms with Crippen molar-refractivity contribution in [2.75, 3.05) is 26.2 Å². The van der Waals surface area contributed by atoms with Crippen molar-refractivity contribution in [2.24, 2.45) is 0 Å². The van der Waals surface area contributed by atoms with E-state index in [1.54, 1.807) is 34.6 Å². The van der Waals surface area contributed by atoms with E-state index in [0.717, 1.165) is 42.4 Å². The monoisotopic (exact) mass is 630 g/mol. The maximum Gasteiger partial charge on any atom is 0.507 e. The van der Waals surface area contributed by atoms with Gasteiger partial charge in [-0.25, -0.2) is 19.4 Å². The van der Waals surface area contributed by atoms with Gasteiger partial charge in [-0.15, -0.1) is 0 Å². The number of likely N-dealkylation sites (tertiary alicyclic amines) is 2. The molecule has 1 amide bonds. The fourth-order valence-electron chi connectivity index (χ4n) is 7.78. The molecular weight excluding hydrogens is 592 g/mol. The summed E-state index contributed by atoms with van der Waals surface area (Å²) in [4.78, 5) is 60.7. The Bertz CT molecular complexity index is 1810. The summed E-state index contributed by atoms with van der Waals surface area (Å²) in [6, 6.07) is 7.56. The number of hydrogen-bond acceptors (Lipinski definition) is 9. The number of cyclic esters (lactones) is 1. The van der Waals surface area contributed by atoms with Crippen molar-refractivity contribution in [3.05, 3.63) is 56.9 Å². The van der Waals surface area contributed by atoms with Gasteiger partial charge in [0.05, 0.1) is 29.0 Å². The van der Waals surface area contributed by atoms with Crippen molar-refractivity contribution in [1.82, 2.24) is 19.4 Å². The molecule has 0 saturated carbocycles. The lowest BCUT2D eigenvalue weighted by atomic mass is 9.85. The molecule has 1 unspecified atom stereocenters. The Morgan fingerprint density at radius 2 is 1.80 bits per heavy atom. The minimum Gasteiger partial charge on any atom is -0.457 e. The van der Waals surface area contributed by atoms with E-state index in [1.807, 2.05) is 13.0 Å². The number of aromatic nitrogens is 2. The number of benzene rings is 1. The highest BCUT2D eigenvalue weighted by molar-refractivity contribution is 5.90. The predicted molar refractivity (Wildman–Crippen MR) is 167 cm³/mol. The molecule has 2 saturated heterocycles. The number of hydrogen-bond donors (Lipinski definition) is 1. The van der Waals surface area contributed by atoms with Gasteiger partial charge in [0.15, 0.2) is 0 Å². The fourth-order valence-corrected chi connectivity index (χ4v) is 7.78. The number of piperidine rings is 2. The van der Waals surface area contributed by atoms with Crippen LogP contribution < -0.4 is 10.3 Å². The molecule has 0 aliphatic carbocycles. The van der Waals surface area contributed by atoms with E-state index in [9.17, 15) is 24.3 Å². The third-order valence-corrected chi connectivity index (χ3v) is 10.2. The summed E-state index contributed by atoms with van der Waals surface area (Å²) in [5, 5.41) is 10.3. The second kappa shape index (κ2) is 11.7. The molecule has 3 aromatic rings. The topological polar surface area (TPSA) is 140 Å². The zero-order valence-electron chi connectivity index (χ0n) is 26.2. The zero-order valence-corrected chi connectivity index (χ0v) is 26.2. The van der Waals surface area contributed by atoms with Crippen LogP contribution in [0.1, 0.15) is 74.6 Å². The number of amides is 1. The van der Waals surface area contributed by atoms with Crippen LogP contribution in [0.2, 0.25) is 0 Å². The van der Waals surface area contributed by atoms with Gasteiger partial charge in [0, 0.05) is 35.6 Å². The first kappa shape index (κ1) is 30.2. The minimum absolute atomic E-state index is 0.0375. The first-order valence-corrected chi connectivity index (χ1v) is 16.3. The van der Waals surface area contributed by atoms with E-state index >= 15 is 0 Å². The van der Waals surface area contributed by atoms with E-state index in [0.29, 0.717) is 48.2 Å². The van der Waals surface area contributed by atoms with Gasteiger partial charge in [-0.3, -0.25) is 4.79 Å². The molecule has 1 atom stereocenters. The van der Waals surface area contributed by atoms with Crippen molar-refractivity contribution in [3.63, 3.8) is 0 Å². The SMILES string of the molecule is CCc1c2c(nc3ccc(OC(=O)N4CCC(N5CCCCC5)CC4)cc13)-c1cc3c(c(=O)n1C2)COC(=O)C3(CC)OC(=O)O. The predicted octanol–water partition coefficient (Wildman–Crippen LogP) is 4.79. The molecule has 46 heavy (non-hydrogen) atoms. The van der Waals surface area contributed by atoms with Gasteiger partial charge < -0.3 is 33.7 Å². The van der Waals surface area contributed by atoms with Crippen LogP contribution in [0.15, 0.2) is 29.1 Å². The van der Waals surface area contributed by atoms with Crippen LogP contribution in [-0.2, 0) is 39.4 Å². The lowest BCUT2D eigenvalue weighted by Crippen LogP contribution is -2.48. The molecule has 4 aliphatic rings. The fraction of sp³-hybridized carbons (Fsp3) is 0.500. The molecule has 12 heteroatoms. The molecule has 6 heterocycles. The van der Waals surface area contributed by atoms with Crippen LogP contribution >= 0.6 is 0 Å². The number of ether oxygens (including phenoxy) is 3. The largest absolute Gasteiger partial charge is 0.507 e. The van der Waals surface area contributed by atoms with Gasteiger partial charge in [0.1, 0.15) is 12.4 Å². The standard InChI is InChI=1S/C34H38N4O8/c1-3-22-23-16-21(45-32(41)37-14-10-20(11-15-37)36-12-6-5-7-13-36)8-9-27(23)35-29-24(22)18-38-28(29)17-26-25(30(38)39)19-44-31(40)34(26,4-2)46-33(42)43/h8-9,16-17,20H,3-7,10-15,18-19H2,1-2H3,(H,42,43). The summed E-state index contributed by atoms with van der Waals surface area (Å²) < 4.78 is 17.8. The van der Waals surface area contributed by atoms with Crippen LogP contribution in [0, 0.1) is 0 Å². The van der Waals surface area contributed by atoms with Gasteiger partial charge in [-0.2, -0.15) is 0 Å². The molecule has 242 valence electrons. The summed E-state index contributed by atoms with van der Waals surface area (Å²) >= 11 is 0. The average molecular weight is 631 g/mol. The Hall–Kier alpha value is -4.45. The quantitative estimate of drug-likeness (QED) is 0.306. The molecule has 7 rings (SSSR count). The molecule has 1 aromatic carbocycles. The molecule has 0 radical (unpaired) electrons. The Labute approximate surface area is 265 Å². The van der Waals surface area contributed by atoms with Gasteiger partial charge >= 0.3 is 18.2 Å². The third-order valence-electron chi connectivity index (χ3n) is 10.2. The van der Waals surface area contributed by atoms with Crippen LogP contribution in [0.25, 0.3) is 22.3 Å². The first-order valence-electron chi connectivity index (χ1n) is 16.3. The number of pyridine rings is 2. The maximum atomic E-state index is 13.8. The Kier molecular flexibility index (Phi) is 7.70. The summed E-state index contributed by atoms with van der Waals surface area (Å²) in [5.74, 6) is -0.411. The average Bonchev–Trinajstić information content (AvgIpc) is 3.44. The second-order valence-corrected chi connectivity index (χ2v) is 12.6. The lowest BCUT2D eigenvalue weighted by molar-refractivity contribution is -0.174. The number of nitrogens with zero attached hydrogens (tertiary/aromatic N) is 4. The lowest BCUT2D eigenvalue weighted by Gasteiger charge is -2.39. The van der Waals surface area contributed by atoms with Gasteiger partial charge in [0.2, 0.25) is 5.60 Å². The number of carbonyl (C=O) groups is 3. The van der Waals surface area contributed by atoms with Crippen molar-refractivity contribution in [1.29, 1.82) is 0 Å². The molecule has 2 fully saturated rings. The highest BCUT2D eigenvalue weighted by atomic mass is 16.7. The van der Waals surface area contributed by atoms with Gasteiger partial charge in [-0.1, -0.05) is 20.3 Å². The number of carboxylic acid groups (broad SMARTS) is 1. The molecule has 0 bridgehead atoms. The molecule has 4 aliphatic heterocycles. The van der Waals surface area contributed by atoms with Gasteiger partial charge in [0.25, 0.3) is 5.56 Å². The molecule has 0 spiro atoms. The maximum absolute atomic E-state index is 13.8. The van der Waals surface area contributed by atoms with Crippen molar-refractivity contribution < 1.29 is 33.7 Å². The van der Waals surface area contributed by atoms with E-state index in [2.05, 4.69) is 4.90 Å². The Morgan fingerprint density at radius 1 is 1.04 bits per heavy atom. The Balaban J connectivity index is 1.18. The third kappa shape index (κ3) is 4.90. The van der Waals surface area contributed by atoms with Crippen molar-refractivity contribution >= 4 is 29.1 Å². The van der Waals surface area contributed by atoms with E-state index in [1.165, 1.54) is 19.3 Å².